The summed E-state index contributed by atoms with van der Waals surface area (Å²) in [4.78, 5) is 32.3. The number of nitrogens with one attached hydrogen (secondary N) is 1. The molecular weight excluding hydrogens is 454 g/mol. The Hall–Kier alpha value is -2.83. The Labute approximate surface area is 203 Å². The number of benzene rings is 3. The molecule has 0 saturated carbocycles. The molecule has 2 amide bonds. The first-order chi connectivity index (χ1) is 15.8. The van der Waals surface area contributed by atoms with Gasteiger partial charge in [-0.05, 0) is 53.4 Å². The minimum absolute atomic E-state index is 0.0819. The summed E-state index contributed by atoms with van der Waals surface area (Å²) in [6.45, 7) is 6.59. The van der Waals surface area contributed by atoms with E-state index in [4.69, 9.17) is 11.6 Å². The summed E-state index contributed by atoms with van der Waals surface area (Å²) in [5.41, 5.74) is 2.38. The molecule has 1 unspecified atom stereocenters. The Bertz CT molecular complexity index is 1240. The second kappa shape index (κ2) is 9.98. The molecule has 1 N–H and O–H groups in total. The van der Waals surface area contributed by atoms with Gasteiger partial charge in [0.05, 0.1) is 5.69 Å². The van der Waals surface area contributed by atoms with Crippen LogP contribution in [0.15, 0.2) is 65.7 Å². The van der Waals surface area contributed by atoms with Crippen molar-refractivity contribution in [2.24, 2.45) is 10.9 Å². The molecule has 0 bridgehead atoms. The van der Waals surface area contributed by atoms with Crippen molar-refractivity contribution >= 4 is 62.5 Å². The van der Waals surface area contributed by atoms with E-state index >= 15 is 0 Å². The van der Waals surface area contributed by atoms with Gasteiger partial charge < -0.3 is 5.32 Å². The van der Waals surface area contributed by atoms with Gasteiger partial charge in [-0.15, -0.1) is 0 Å². The quantitative estimate of drug-likeness (QED) is 0.443. The highest BCUT2D eigenvalue weighted by Crippen LogP contribution is 2.33. The molecule has 1 aliphatic heterocycles. The number of hydrogen-bond donors (Lipinski definition) is 1. The molecule has 4 rings (SSSR count). The van der Waals surface area contributed by atoms with Crippen molar-refractivity contribution in [3.63, 3.8) is 0 Å². The second-order valence-corrected chi connectivity index (χ2v) is 10.2. The van der Waals surface area contributed by atoms with Crippen LogP contribution in [0.3, 0.4) is 0 Å². The zero-order valence-electron chi connectivity index (χ0n) is 18.8. The van der Waals surface area contributed by atoms with Crippen LogP contribution < -0.4 is 5.32 Å². The highest BCUT2D eigenvalue weighted by molar-refractivity contribution is 8.15. The number of carbonyl (C=O) groups is 2. The Morgan fingerprint density at radius 1 is 1.12 bits per heavy atom. The molecule has 0 aromatic heterocycles. The van der Waals surface area contributed by atoms with Crippen LogP contribution in [0, 0.1) is 12.8 Å². The fraction of sp³-hybridized carbons (Fsp3) is 0.269. The molecule has 3 aromatic rings. The first-order valence-corrected chi connectivity index (χ1v) is 12.2. The van der Waals surface area contributed by atoms with E-state index < -0.39 is 5.25 Å². The van der Waals surface area contributed by atoms with Crippen LogP contribution in [0.5, 0.6) is 0 Å². The number of hydrogen-bond acceptors (Lipinski definition) is 4. The Morgan fingerprint density at radius 2 is 1.88 bits per heavy atom. The van der Waals surface area contributed by atoms with Crippen LogP contribution >= 0.6 is 23.4 Å². The zero-order chi connectivity index (χ0) is 23.5. The summed E-state index contributed by atoms with van der Waals surface area (Å²) in [5.74, 6) is -0.00823. The van der Waals surface area contributed by atoms with Crippen LogP contribution in [0.25, 0.3) is 10.8 Å². The van der Waals surface area contributed by atoms with E-state index in [-0.39, 0.29) is 24.2 Å². The van der Waals surface area contributed by atoms with Gasteiger partial charge in [-0.25, -0.2) is 4.99 Å². The molecule has 0 aliphatic carbocycles. The number of amides is 2. The van der Waals surface area contributed by atoms with Crippen LogP contribution in [-0.2, 0) is 9.59 Å². The van der Waals surface area contributed by atoms with Crippen molar-refractivity contribution in [2.45, 2.75) is 32.4 Å². The van der Waals surface area contributed by atoms with Crippen LogP contribution in [0.1, 0.15) is 25.8 Å². The van der Waals surface area contributed by atoms with Crippen LogP contribution in [-0.4, -0.2) is 33.7 Å². The fourth-order valence-electron chi connectivity index (χ4n) is 3.67. The van der Waals surface area contributed by atoms with Crippen molar-refractivity contribution in [3.8, 4) is 0 Å². The molecule has 1 aliphatic rings. The largest absolute Gasteiger partial charge is 0.326 e. The number of thioether (sulfide) groups is 1. The van der Waals surface area contributed by atoms with Gasteiger partial charge in [-0.1, -0.05) is 73.6 Å². The fourth-order valence-corrected chi connectivity index (χ4v) is 5.01. The van der Waals surface area contributed by atoms with Gasteiger partial charge >= 0.3 is 0 Å². The summed E-state index contributed by atoms with van der Waals surface area (Å²) in [6.07, 6.45) is 0.0819. The molecule has 1 saturated heterocycles. The summed E-state index contributed by atoms with van der Waals surface area (Å²) in [7, 11) is 0. The first-order valence-electron chi connectivity index (χ1n) is 10.9. The number of fused-ring (bicyclic) bond motifs is 1. The number of amidine groups is 1. The summed E-state index contributed by atoms with van der Waals surface area (Å²) >= 11 is 7.59. The third-order valence-electron chi connectivity index (χ3n) is 5.35. The number of aryl methyl sites for hydroxylation is 1. The monoisotopic (exact) mass is 479 g/mol. The number of nitrogens with zero attached hydrogens (tertiary/aromatic N) is 2. The van der Waals surface area contributed by atoms with E-state index in [0.717, 1.165) is 22.0 Å². The molecule has 170 valence electrons. The average Bonchev–Trinajstić information content (AvgIpc) is 3.04. The lowest BCUT2D eigenvalue weighted by atomic mass is 10.1. The topological polar surface area (TPSA) is 61.8 Å². The first kappa shape index (κ1) is 23.3. The van der Waals surface area contributed by atoms with Gasteiger partial charge in [-0.2, -0.15) is 0 Å². The van der Waals surface area contributed by atoms with Crippen molar-refractivity contribution in [1.29, 1.82) is 0 Å². The van der Waals surface area contributed by atoms with Crippen molar-refractivity contribution < 1.29 is 9.59 Å². The maximum absolute atomic E-state index is 13.1. The smallest absolute Gasteiger partial charge is 0.242 e. The molecule has 1 atom stereocenters. The van der Waals surface area contributed by atoms with Crippen molar-refractivity contribution in [1.82, 2.24) is 4.90 Å². The van der Waals surface area contributed by atoms with Gasteiger partial charge in [-0.3, -0.25) is 14.5 Å². The summed E-state index contributed by atoms with van der Waals surface area (Å²) in [6, 6.07) is 19.4. The third-order valence-corrected chi connectivity index (χ3v) is 6.93. The standard InChI is InChI=1S/C26H26ClN3O2S/c1-16(2)15-30-25(32)23(33-26(30)29-21-10-8-17(3)22(27)13-21)14-24(31)28-20-11-9-18-6-4-5-7-19(18)12-20/h4-13,16,23H,14-15H2,1-3H3,(H,28,31). The second-order valence-electron chi connectivity index (χ2n) is 8.59. The Kier molecular flexibility index (Phi) is 7.05. The average molecular weight is 480 g/mol. The lowest BCUT2D eigenvalue weighted by Crippen LogP contribution is -2.36. The normalized spacial score (nSPS) is 17.4. The number of halogens is 1. The van der Waals surface area contributed by atoms with E-state index in [1.54, 1.807) is 11.0 Å². The number of rotatable bonds is 6. The highest BCUT2D eigenvalue weighted by atomic mass is 35.5. The predicted octanol–water partition coefficient (Wildman–Crippen LogP) is 6.42. The van der Waals surface area contributed by atoms with Crippen molar-refractivity contribution in [3.05, 3.63) is 71.2 Å². The molecular formula is C26H26ClN3O2S. The summed E-state index contributed by atoms with van der Waals surface area (Å²) < 4.78 is 0. The zero-order valence-corrected chi connectivity index (χ0v) is 20.4. The van der Waals surface area contributed by atoms with E-state index in [9.17, 15) is 9.59 Å². The number of anilines is 1. The van der Waals surface area contributed by atoms with Gasteiger partial charge in [0.15, 0.2) is 5.17 Å². The maximum atomic E-state index is 13.1. The predicted molar refractivity (Wildman–Crippen MR) is 138 cm³/mol. The number of aliphatic imine (C=N–C) groups is 1. The Balaban J connectivity index is 1.50. The molecule has 3 aromatic carbocycles. The number of carbonyl (C=O) groups excluding carboxylic acids is 2. The third kappa shape index (κ3) is 5.57. The van der Waals surface area contributed by atoms with Crippen molar-refractivity contribution in [2.75, 3.05) is 11.9 Å². The maximum Gasteiger partial charge on any atom is 0.242 e. The van der Waals surface area contributed by atoms with E-state index in [1.165, 1.54) is 11.8 Å². The van der Waals surface area contributed by atoms with Crippen LogP contribution in [0.2, 0.25) is 5.02 Å². The lowest BCUT2D eigenvalue weighted by Gasteiger charge is -2.18. The van der Waals surface area contributed by atoms with Crippen LogP contribution in [0.4, 0.5) is 11.4 Å². The minimum atomic E-state index is -0.510. The summed E-state index contributed by atoms with van der Waals surface area (Å²) in [5, 5.41) is 5.83. The minimum Gasteiger partial charge on any atom is -0.326 e. The molecule has 1 heterocycles. The molecule has 7 heteroatoms. The van der Waals surface area contributed by atoms with Gasteiger partial charge in [0.2, 0.25) is 11.8 Å². The molecule has 33 heavy (non-hydrogen) atoms. The molecule has 5 nitrogen and oxygen atoms in total. The highest BCUT2D eigenvalue weighted by Gasteiger charge is 2.39. The molecule has 0 radical (unpaired) electrons. The van der Waals surface area contributed by atoms with Gasteiger partial charge in [0.1, 0.15) is 5.25 Å². The van der Waals surface area contributed by atoms with E-state index in [0.29, 0.717) is 22.4 Å². The van der Waals surface area contributed by atoms with Gasteiger partial charge in [0.25, 0.3) is 0 Å². The van der Waals surface area contributed by atoms with E-state index in [1.807, 2.05) is 61.5 Å². The SMILES string of the molecule is Cc1ccc(N=C2SC(CC(=O)Nc3ccc4ccccc4c3)C(=O)N2CC(C)C)cc1Cl. The molecule has 1 fully saturated rings. The Morgan fingerprint density at radius 3 is 2.61 bits per heavy atom. The van der Waals surface area contributed by atoms with E-state index in [2.05, 4.69) is 24.2 Å². The molecule has 0 spiro atoms. The van der Waals surface area contributed by atoms with Gasteiger partial charge in [0, 0.05) is 23.7 Å². The lowest BCUT2D eigenvalue weighted by molar-refractivity contribution is -0.128.